The number of aryl methyl sites for hydroxylation is 1. The summed E-state index contributed by atoms with van der Waals surface area (Å²) in [6.07, 6.45) is 1.79. The van der Waals surface area contributed by atoms with E-state index in [4.69, 9.17) is 0 Å². The van der Waals surface area contributed by atoms with E-state index in [1.54, 1.807) is 6.20 Å². The molecule has 4 rings (SSSR count). The van der Waals surface area contributed by atoms with E-state index in [0.717, 1.165) is 30.0 Å². The fraction of sp³-hybridized carbons (Fsp3) is 0.300. The van der Waals surface area contributed by atoms with Gasteiger partial charge in [-0.15, -0.1) is 4.40 Å². The van der Waals surface area contributed by atoms with Gasteiger partial charge in [-0.2, -0.15) is 8.42 Å². The van der Waals surface area contributed by atoms with Crippen LogP contribution < -0.4 is 4.90 Å². The lowest BCUT2D eigenvalue weighted by atomic mass is 10.1. The molecule has 27 heavy (non-hydrogen) atoms. The van der Waals surface area contributed by atoms with Gasteiger partial charge in [-0.3, -0.25) is 0 Å². The van der Waals surface area contributed by atoms with Crippen molar-refractivity contribution in [1.29, 1.82) is 0 Å². The third-order valence-electron chi connectivity index (χ3n) is 5.01. The predicted molar refractivity (Wildman–Crippen MR) is 108 cm³/mol. The van der Waals surface area contributed by atoms with Crippen LogP contribution in [0.4, 0.5) is 5.82 Å². The van der Waals surface area contributed by atoms with E-state index in [0.29, 0.717) is 29.4 Å². The predicted octanol–water partition coefficient (Wildman–Crippen LogP) is 2.69. The minimum Gasteiger partial charge on any atom is -0.353 e. The molecule has 7 heteroatoms. The van der Waals surface area contributed by atoms with E-state index in [1.165, 1.54) is 0 Å². The molecule has 0 aliphatic carbocycles. The molecule has 0 bridgehead atoms. The van der Waals surface area contributed by atoms with E-state index in [1.807, 2.05) is 56.3 Å². The van der Waals surface area contributed by atoms with Gasteiger partial charge in [0.05, 0.1) is 0 Å². The summed E-state index contributed by atoms with van der Waals surface area (Å²) in [5.41, 5.74) is 2.52. The van der Waals surface area contributed by atoms with Gasteiger partial charge >= 0.3 is 0 Å². The first-order valence-corrected chi connectivity index (χ1v) is 10.4. The van der Waals surface area contributed by atoms with Gasteiger partial charge < -0.3 is 9.80 Å². The molecule has 0 unspecified atom stereocenters. The Morgan fingerprint density at radius 3 is 2.19 bits per heavy atom. The summed E-state index contributed by atoms with van der Waals surface area (Å²) >= 11 is 0. The third kappa shape index (κ3) is 3.35. The lowest BCUT2D eigenvalue weighted by Crippen LogP contribution is -2.49. The highest BCUT2D eigenvalue weighted by Gasteiger charge is 2.34. The Kier molecular flexibility index (Phi) is 4.47. The minimum atomic E-state index is -3.67. The summed E-state index contributed by atoms with van der Waals surface area (Å²) in [5, 5.41) is 0. The lowest BCUT2D eigenvalue weighted by molar-refractivity contribution is 0.385. The number of amidine groups is 1. The molecule has 0 N–H and O–H groups in total. The van der Waals surface area contributed by atoms with Crippen molar-refractivity contribution in [2.24, 2.45) is 4.40 Å². The van der Waals surface area contributed by atoms with Crippen molar-refractivity contribution >= 4 is 26.6 Å². The number of piperazine rings is 1. The summed E-state index contributed by atoms with van der Waals surface area (Å²) in [4.78, 5) is 8.99. The van der Waals surface area contributed by atoms with Crippen molar-refractivity contribution in [2.45, 2.75) is 13.8 Å². The van der Waals surface area contributed by atoms with Gasteiger partial charge in [0.1, 0.15) is 16.6 Å². The molecule has 3 heterocycles. The van der Waals surface area contributed by atoms with Crippen molar-refractivity contribution in [3.05, 3.63) is 65.4 Å². The van der Waals surface area contributed by atoms with Crippen LogP contribution in [0.1, 0.15) is 18.1 Å². The zero-order valence-electron chi connectivity index (χ0n) is 15.5. The Balaban J connectivity index is 1.57. The molecule has 1 aromatic heterocycles. The molecule has 0 amide bonds. The van der Waals surface area contributed by atoms with E-state index in [-0.39, 0.29) is 0 Å². The second kappa shape index (κ2) is 6.81. The second-order valence-electron chi connectivity index (χ2n) is 6.87. The highest BCUT2D eigenvalue weighted by molar-refractivity contribution is 8.00. The molecular weight excluding hydrogens is 360 g/mol. The van der Waals surface area contributed by atoms with Crippen molar-refractivity contribution < 1.29 is 8.42 Å². The topological polar surface area (TPSA) is 65.9 Å². The van der Waals surface area contributed by atoms with Crippen LogP contribution >= 0.6 is 0 Å². The summed E-state index contributed by atoms with van der Waals surface area (Å²) in [6.45, 7) is 6.82. The van der Waals surface area contributed by atoms with Crippen LogP contribution in [0.25, 0.3) is 4.91 Å². The summed E-state index contributed by atoms with van der Waals surface area (Å²) < 4.78 is 29.5. The van der Waals surface area contributed by atoms with Crippen LogP contribution in [-0.2, 0) is 10.0 Å². The van der Waals surface area contributed by atoms with Gasteiger partial charge in [-0.25, -0.2) is 4.98 Å². The maximum Gasteiger partial charge on any atom is 0.285 e. The molecule has 0 spiro atoms. The minimum absolute atomic E-state index is 0.324. The number of pyridine rings is 1. The van der Waals surface area contributed by atoms with Gasteiger partial charge in [0.15, 0.2) is 0 Å². The first-order chi connectivity index (χ1) is 13.0. The molecular formula is C20H22N4O2S. The first kappa shape index (κ1) is 17.7. The van der Waals surface area contributed by atoms with Gasteiger partial charge in [0.2, 0.25) is 0 Å². The molecule has 6 nitrogen and oxygen atoms in total. The van der Waals surface area contributed by atoms with Crippen LogP contribution in [0.3, 0.4) is 0 Å². The maximum absolute atomic E-state index is 12.7. The number of rotatable bonds is 2. The normalized spacial score (nSPS) is 19.4. The van der Waals surface area contributed by atoms with Crippen LogP contribution in [0, 0.1) is 6.92 Å². The van der Waals surface area contributed by atoms with Crippen molar-refractivity contribution in [3.8, 4) is 0 Å². The fourth-order valence-electron chi connectivity index (χ4n) is 3.58. The van der Waals surface area contributed by atoms with E-state index in [2.05, 4.69) is 19.2 Å². The number of benzene rings is 1. The number of aromatic nitrogens is 1. The molecule has 1 fully saturated rings. The first-order valence-electron chi connectivity index (χ1n) is 9.00. The lowest BCUT2D eigenvalue weighted by Gasteiger charge is -2.36. The third-order valence-corrected chi connectivity index (χ3v) is 6.48. The number of hydrogen-bond donors (Lipinski definition) is 0. The SMILES string of the molecule is CC1=C(c2ccc(C)cc2)S(=O)(=O)N=C1N1CCN(c2ccccn2)CC1. The molecule has 2 aliphatic heterocycles. The van der Waals surface area contributed by atoms with Gasteiger partial charge in [0, 0.05) is 37.9 Å². The zero-order valence-corrected chi connectivity index (χ0v) is 16.3. The van der Waals surface area contributed by atoms with Crippen molar-refractivity contribution in [3.63, 3.8) is 0 Å². The van der Waals surface area contributed by atoms with E-state index in [9.17, 15) is 8.42 Å². The molecule has 140 valence electrons. The second-order valence-corrected chi connectivity index (χ2v) is 8.41. The van der Waals surface area contributed by atoms with Gasteiger partial charge in [-0.1, -0.05) is 35.9 Å². The Bertz CT molecular complexity index is 1000. The Hall–Kier alpha value is -2.67. The highest BCUT2D eigenvalue weighted by Crippen LogP contribution is 2.34. The van der Waals surface area contributed by atoms with E-state index < -0.39 is 10.0 Å². The monoisotopic (exact) mass is 382 g/mol. The van der Waals surface area contributed by atoms with Crippen LogP contribution in [0.15, 0.2) is 58.6 Å². The van der Waals surface area contributed by atoms with Crippen molar-refractivity contribution in [1.82, 2.24) is 9.88 Å². The fourth-order valence-corrected chi connectivity index (χ4v) is 5.06. The van der Waals surface area contributed by atoms with Gasteiger partial charge in [0.25, 0.3) is 10.0 Å². The molecule has 1 aromatic carbocycles. The molecule has 1 saturated heterocycles. The van der Waals surface area contributed by atoms with E-state index >= 15 is 0 Å². The van der Waals surface area contributed by atoms with Crippen LogP contribution in [-0.4, -0.2) is 50.3 Å². The number of hydrogen-bond acceptors (Lipinski definition) is 5. The molecule has 2 aliphatic rings. The maximum atomic E-state index is 12.7. The standard InChI is InChI=1S/C20H22N4O2S/c1-15-6-8-17(9-7-15)19-16(2)20(22-27(19,25)26)24-13-11-23(12-14-24)18-5-3-4-10-21-18/h3-10H,11-14H2,1-2H3. The Labute approximate surface area is 159 Å². The largest absolute Gasteiger partial charge is 0.353 e. The highest BCUT2D eigenvalue weighted by atomic mass is 32.2. The Morgan fingerprint density at radius 2 is 1.56 bits per heavy atom. The van der Waals surface area contributed by atoms with Gasteiger partial charge in [-0.05, 0) is 31.5 Å². The quantitative estimate of drug-likeness (QED) is 0.799. The summed E-state index contributed by atoms with van der Waals surface area (Å²) in [6, 6.07) is 13.4. The smallest absolute Gasteiger partial charge is 0.285 e. The number of sulfonamides is 1. The van der Waals surface area contributed by atoms with Crippen molar-refractivity contribution in [2.75, 3.05) is 31.1 Å². The van der Waals surface area contributed by atoms with Crippen LogP contribution in [0.2, 0.25) is 0 Å². The van der Waals surface area contributed by atoms with Crippen LogP contribution in [0.5, 0.6) is 0 Å². The average molecular weight is 382 g/mol. The summed E-state index contributed by atoms with van der Waals surface area (Å²) in [5.74, 6) is 1.52. The number of anilines is 1. The molecule has 0 atom stereocenters. The zero-order chi connectivity index (χ0) is 19.0. The Morgan fingerprint density at radius 1 is 0.889 bits per heavy atom. The molecule has 0 saturated carbocycles. The average Bonchev–Trinajstić information content (AvgIpc) is 2.92. The number of nitrogens with zero attached hydrogens (tertiary/aromatic N) is 4. The molecule has 2 aromatic rings. The molecule has 0 radical (unpaired) electrons. The summed E-state index contributed by atoms with van der Waals surface area (Å²) in [7, 11) is -3.67.